The SMILES string of the molecule is COC(=O)[C@@H]1C[C@@H](N)CC1c1nc(N2CCN(c3ccc(Cl)cc3)CC2)nc2c1[S+]([O-])CC2. The van der Waals surface area contributed by atoms with Gasteiger partial charge >= 0.3 is 5.97 Å². The number of ether oxygens (including phenoxy) is 1. The number of hydrogen-bond acceptors (Lipinski definition) is 8. The molecular weight excluding hydrogens is 462 g/mol. The minimum atomic E-state index is -1.15. The molecule has 176 valence electrons. The number of nitrogens with two attached hydrogens (primary N) is 1. The lowest BCUT2D eigenvalue weighted by Gasteiger charge is -2.36. The molecule has 2 unspecified atom stereocenters. The third-order valence-electron chi connectivity index (χ3n) is 6.91. The number of benzene rings is 1. The lowest BCUT2D eigenvalue weighted by atomic mass is 9.92. The topological polar surface area (TPSA) is 108 Å². The van der Waals surface area contributed by atoms with Crippen molar-refractivity contribution in [3.63, 3.8) is 0 Å². The molecule has 1 aromatic carbocycles. The van der Waals surface area contributed by atoms with Crippen molar-refractivity contribution < 1.29 is 14.1 Å². The van der Waals surface area contributed by atoms with Gasteiger partial charge in [0.15, 0.2) is 4.90 Å². The molecule has 2 fully saturated rings. The Morgan fingerprint density at radius 3 is 2.55 bits per heavy atom. The van der Waals surface area contributed by atoms with Gasteiger partial charge in [0.05, 0.1) is 13.0 Å². The van der Waals surface area contributed by atoms with Crippen molar-refractivity contribution in [3.05, 3.63) is 40.7 Å². The Balaban J connectivity index is 1.42. The predicted molar refractivity (Wildman–Crippen MR) is 128 cm³/mol. The van der Waals surface area contributed by atoms with E-state index in [1.807, 2.05) is 24.3 Å². The third kappa shape index (κ3) is 4.39. The first-order chi connectivity index (χ1) is 15.9. The number of methoxy groups -OCH3 is 1. The van der Waals surface area contributed by atoms with E-state index >= 15 is 0 Å². The minimum Gasteiger partial charge on any atom is -0.611 e. The summed E-state index contributed by atoms with van der Waals surface area (Å²) < 4.78 is 17.9. The Morgan fingerprint density at radius 1 is 1.15 bits per heavy atom. The van der Waals surface area contributed by atoms with E-state index in [9.17, 15) is 9.35 Å². The number of carbonyl (C=O) groups excluding carboxylic acids is 1. The average molecular weight is 490 g/mol. The van der Waals surface area contributed by atoms with E-state index in [1.54, 1.807) is 0 Å². The standard InChI is InChI=1S/C23H28ClN5O3S/c1-32-22(30)18-13-15(25)12-17(18)20-21-19(6-11-33(21)31)26-23(27-20)29-9-7-28(8-10-29)16-4-2-14(24)3-5-16/h2-5,15,17-18H,6-13,25H2,1H3/t15-,17?,18+,33?/m0/s1. The highest BCUT2D eigenvalue weighted by atomic mass is 35.5. The molecule has 4 atom stereocenters. The molecule has 3 aliphatic rings. The molecule has 0 amide bonds. The van der Waals surface area contributed by atoms with Gasteiger partial charge in [-0.1, -0.05) is 11.6 Å². The summed E-state index contributed by atoms with van der Waals surface area (Å²) in [6.07, 6.45) is 1.85. The Hall–Kier alpha value is -2.07. The van der Waals surface area contributed by atoms with Crippen LogP contribution in [0.5, 0.6) is 0 Å². The van der Waals surface area contributed by atoms with Crippen molar-refractivity contribution >= 4 is 40.4 Å². The number of fused-ring (bicyclic) bond motifs is 1. The largest absolute Gasteiger partial charge is 0.611 e. The lowest BCUT2D eigenvalue weighted by Crippen LogP contribution is -2.47. The molecule has 2 aromatic rings. The number of anilines is 2. The zero-order valence-corrected chi connectivity index (χ0v) is 20.1. The van der Waals surface area contributed by atoms with Crippen molar-refractivity contribution in [2.45, 2.75) is 36.1 Å². The molecule has 33 heavy (non-hydrogen) atoms. The number of esters is 1. The van der Waals surface area contributed by atoms with Gasteiger partial charge in [0.1, 0.15) is 17.1 Å². The van der Waals surface area contributed by atoms with Crippen molar-refractivity contribution in [2.24, 2.45) is 11.7 Å². The van der Waals surface area contributed by atoms with Crippen molar-refractivity contribution in [1.29, 1.82) is 0 Å². The first-order valence-corrected chi connectivity index (χ1v) is 13.0. The van der Waals surface area contributed by atoms with Gasteiger partial charge in [-0.25, -0.2) is 9.97 Å². The maximum atomic E-state index is 12.8. The summed E-state index contributed by atoms with van der Waals surface area (Å²) in [6.45, 7) is 3.22. The normalized spacial score (nSPS) is 27.0. The molecule has 3 heterocycles. The van der Waals surface area contributed by atoms with E-state index < -0.39 is 11.2 Å². The Kier molecular flexibility index (Phi) is 6.39. The minimum absolute atomic E-state index is 0.106. The fourth-order valence-electron chi connectivity index (χ4n) is 5.21. The van der Waals surface area contributed by atoms with Crippen LogP contribution < -0.4 is 15.5 Å². The van der Waals surface area contributed by atoms with Gasteiger partial charge in [0.25, 0.3) is 0 Å². The monoisotopic (exact) mass is 489 g/mol. The molecule has 0 radical (unpaired) electrons. The number of aryl methyl sites for hydroxylation is 1. The van der Waals surface area contributed by atoms with Crippen LogP contribution >= 0.6 is 11.6 Å². The van der Waals surface area contributed by atoms with Gasteiger partial charge in [0.2, 0.25) is 5.95 Å². The first kappa shape index (κ1) is 22.7. The number of halogens is 1. The fourth-order valence-corrected chi connectivity index (χ4v) is 6.76. The molecule has 1 aliphatic carbocycles. The van der Waals surface area contributed by atoms with Gasteiger partial charge in [-0.05, 0) is 48.3 Å². The second kappa shape index (κ2) is 9.29. The van der Waals surface area contributed by atoms with Crippen LogP contribution in [0.1, 0.15) is 30.1 Å². The van der Waals surface area contributed by atoms with Gasteiger partial charge in [-0.2, -0.15) is 0 Å². The van der Waals surface area contributed by atoms with Crippen LogP contribution in [0.2, 0.25) is 5.02 Å². The van der Waals surface area contributed by atoms with Crippen LogP contribution in [0.25, 0.3) is 0 Å². The number of piperazine rings is 1. The van der Waals surface area contributed by atoms with E-state index in [-0.39, 0.29) is 23.8 Å². The number of nitrogens with zero attached hydrogens (tertiary/aromatic N) is 4. The van der Waals surface area contributed by atoms with Gasteiger partial charge < -0.3 is 24.8 Å². The first-order valence-electron chi connectivity index (χ1n) is 11.3. The lowest BCUT2D eigenvalue weighted by molar-refractivity contribution is -0.145. The summed E-state index contributed by atoms with van der Waals surface area (Å²) in [4.78, 5) is 27.4. The molecular formula is C23H28ClN5O3S. The third-order valence-corrected chi connectivity index (χ3v) is 8.64. The zero-order chi connectivity index (χ0) is 23.1. The maximum Gasteiger partial charge on any atom is 0.309 e. The summed E-state index contributed by atoms with van der Waals surface area (Å²) in [6, 6.07) is 7.78. The number of carbonyl (C=O) groups is 1. The summed E-state index contributed by atoms with van der Waals surface area (Å²) in [5.41, 5.74) is 8.95. The molecule has 1 aromatic heterocycles. The van der Waals surface area contributed by atoms with Crippen LogP contribution in [-0.4, -0.2) is 65.6 Å². The van der Waals surface area contributed by atoms with E-state index in [0.29, 0.717) is 35.9 Å². The molecule has 0 spiro atoms. The maximum absolute atomic E-state index is 12.8. The van der Waals surface area contributed by atoms with Crippen LogP contribution in [0.4, 0.5) is 11.6 Å². The van der Waals surface area contributed by atoms with E-state index in [4.69, 9.17) is 32.0 Å². The molecule has 2 N–H and O–H groups in total. The Labute approximate surface area is 201 Å². The van der Waals surface area contributed by atoms with Crippen molar-refractivity contribution in [3.8, 4) is 0 Å². The molecule has 0 bridgehead atoms. The zero-order valence-electron chi connectivity index (χ0n) is 18.6. The van der Waals surface area contributed by atoms with Gasteiger partial charge in [0, 0.05) is 55.3 Å². The highest BCUT2D eigenvalue weighted by molar-refractivity contribution is 7.91. The smallest absolute Gasteiger partial charge is 0.309 e. The van der Waals surface area contributed by atoms with Crippen molar-refractivity contribution in [1.82, 2.24) is 9.97 Å². The van der Waals surface area contributed by atoms with E-state index in [1.165, 1.54) is 7.11 Å². The highest BCUT2D eigenvalue weighted by Crippen LogP contribution is 2.44. The Morgan fingerprint density at radius 2 is 1.85 bits per heavy atom. The summed E-state index contributed by atoms with van der Waals surface area (Å²) >= 11 is 4.88. The van der Waals surface area contributed by atoms with E-state index in [0.717, 1.165) is 48.3 Å². The van der Waals surface area contributed by atoms with Crippen LogP contribution in [0, 0.1) is 5.92 Å². The molecule has 1 saturated heterocycles. The van der Waals surface area contributed by atoms with Crippen LogP contribution in [0.15, 0.2) is 29.2 Å². The van der Waals surface area contributed by atoms with E-state index in [2.05, 4.69) is 9.80 Å². The van der Waals surface area contributed by atoms with Crippen molar-refractivity contribution in [2.75, 3.05) is 48.8 Å². The van der Waals surface area contributed by atoms with Gasteiger partial charge in [-0.3, -0.25) is 4.79 Å². The Bertz CT molecular complexity index is 1030. The molecule has 8 nitrogen and oxygen atoms in total. The van der Waals surface area contributed by atoms with Crippen LogP contribution in [0.3, 0.4) is 0 Å². The molecule has 10 heteroatoms. The quantitative estimate of drug-likeness (QED) is 0.514. The fraction of sp³-hybridized carbons (Fsp3) is 0.522. The highest BCUT2D eigenvalue weighted by Gasteiger charge is 2.45. The summed E-state index contributed by atoms with van der Waals surface area (Å²) in [5, 5.41) is 0.728. The predicted octanol–water partition coefficient (Wildman–Crippen LogP) is 2.11. The summed E-state index contributed by atoms with van der Waals surface area (Å²) in [5.74, 6) is 0.369. The summed E-state index contributed by atoms with van der Waals surface area (Å²) in [7, 11) is 1.40. The van der Waals surface area contributed by atoms with Crippen LogP contribution in [-0.2, 0) is 27.1 Å². The second-order valence-electron chi connectivity index (χ2n) is 8.90. The second-order valence-corrected chi connectivity index (χ2v) is 10.8. The molecule has 5 rings (SSSR count). The average Bonchev–Trinajstić information content (AvgIpc) is 3.41. The molecule has 2 aliphatic heterocycles. The van der Waals surface area contributed by atoms with Gasteiger partial charge in [-0.15, -0.1) is 0 Å². The number of aromatic nitrogens is 2. The number of hydrogen-bond donors (Lipinski definition) is 1. The number of rotatable bonds is 4. The molecule has 1 saturated carbocycles.